The van der Waals surface area contributed by atoms with Gasteiger partial charge < -0.3 is 16.0 Å². The number of rotatable bonds is 5. The van der Waals surface area contributed by atoms with Crippen LogP contribution in [-0.4, -0.2) is 41.2 Å². The Morgan fingerprint density at radius 3 is 2.78 bits per heavy atom. The zero-order valence-corrected chi connectivity index (χ0v) is 12.7. The Morgan fingerprint density at radius 1 is 1.30 bits per heavy atom. The molecular weight excluding hydrogens is 294 g/mol. The van der Waals surface area contributed by atoms with Crippen LogP contribution in [0.15, 0.2) is 42.7 Å². The fraction of sp³-hybridized carbons (Fsp3) is 0.312. The monoisotopic (exact) mass is 313 g/mol. The first-order valence-electron chi connectivity index (χ1n) is 7.61. The second-order valence-corrected chi connectivity index (χ2v) is 5.45. The molecule has 1 fully saturated rings. The summed E-state index contributed by atoms with van der Waals surface area (Å²) in [5, 5.41) is 12.7. The molecule has 7 heteroatoms. The van der Waals surface area contributed by atoms with E-state index in [2.05, 4.69) is 21.0 Å². The summed E-state index contributed by atoms with van der Waals surface area (Å²) >= 11 is 0. The van der Waals surface area contributed by atoms with Crippen LogP contribution >= 0.6 is 0 Å². The highest BCUT2D eigenvalue weighted by Gasteiger charge is 2.22. The molecule has 1 saturated heterocycles. The SMILES string of the molecule is O=C(CNC(=O)C1CCNC1)Nc1ccc(-n2cccn2)cc1. The molecule has 0 aliphatic carbocycles. The summed E-state index contributed by atoms with van der Waals surface area (Å²) in [7, 11) is 0. The smallest absolute Gasteiger partial charge is 0.243 e. The van der Waals surface area contributed by atoms with Crippen LogP contribution < -0.4 is 16.0 Å². The summed E-state index contributed by atoms with van der Waals surface area (Å²) in [6.07, 6.45) is 4.38. The van der Waals surface area contributed by atoms with Crippen LogP contribution in [0.25, 0.3) is 5.69 Å². The predicted molar refractivity (Wildman–Crippen MR) is 86.2 cm³/mol. The topological polar surface area (TPSA) is 88.0 Å². The van der Waals surface area contributed by atoms with Gasteiger partial charge in [0, 0.05) is 24.6 Å². The maximum absolute atomic E-state index is 11.9. The van der Waals surface area contributed by atoms with E-state index in [1.807, 2.05) is 24.4 Å². The Bertz CT molecular complexity index is 660. The molecule has 1 aromatic heterocycles. The van der Waals surface area contributed by atoms with E-state index in [-0.39, 0.29) is 24.3 Å². The number of anilines is 1. The molecule has 1 aliphatic heterocycles. The molecule has 120 valence electrons. The van der Waals surface area contributed by atoms with Gasteiger partial charge in [-0.2, -0.15) is 5.10 Å². The summed E-state index contributed by atoms with van der Waals surface area (Å²) in [6.45, 7) is 1.52. The van der Waals surface area contributed by atoms with E-state index < -0.39 is 0 Å². The number of nitrogens with zero attached hydrogens (tertiary/aromatic N) is 2. The minimum atomic E-state index is -0.240. The van der Waals surface area contributed by atoms with Gasteiger partial charge in [0.2, 0.25) is 11.8 Å². The molecule has 3 rings (SSSR count). The lowest BCUT2D eigenvalue weighted by Gasteiger charge is -2.10. The second-order valence-electron chi connectivity index (χ2n) is 5.45. The molecule has 0 radical (unpaired) electrons. The summed E-state index contributed by atoms with van der Waals surface area (Å²) < 4.78 is 1.74. The van der Waals surface area contributed by atoms with E-state index in [0.717, 1.165) is 18.7 Å². The molecule has 3 N–H and O–H groups in total. The van der Waals surface area contributed by atoms with Crippen molar-refractivity contribution < 1.29 is 9.59 Å². The van der Waals surface area contributed by atoms with Crippen molar-refractivity contribution in [2.45, 2.75) is 6.42 Å². The van der Waals surface area contributed by atoms with E-state index in [1.54, 1.807) is 23.0 Å². The van der Waals surface area contributed by atoms with Crippen LogP contribution in [0.4, 0.5) is 5.69 Å². The molecular formula is C16H19N5O2. The van der Waals surface area contributed by atoms with Crippen molar-refractivity contribution in [1.82, 2.24) is 20.4 Å². The zero-order valence-electron chi connectivity index (χ0n) is 12.7. The summed E-state index contributed by atoms with van der Waals surface area (Å²) in [6, 6.07) is 9.18. The molecule has 0 saturated carbocycles. The quantitative estimate of drug-likeness (QED) is 0.751. The van der Waals surface area contributed by atoms with Gasteiger partial charge in [-0.05, 0) is 43.3 Å². The predicted octanol–water partition coefficient (Wildman–Crippen LogP) is 0.537. The Labute approximate surface area is 134 Å². The third kappa shape index (κ3) is 3.95. The maximum Gasteiger partial charge on any atom is 0.243 e. The Hall–Kier alpha value is -2.67. The summed E-state index contributed by atoms with van der Waals surface area (Å²) in [5.74, 6) is -0.341. The zero-order chi connectivity index (χ0) is 16.1. The standard InChI is InChI=1S/C16H19N5O2/c22-15(11-18-16(23)12-6-8-17-10-12)20-13-2-4-14(5-3-13)21-9-1-7-19-21/h1-5,7,9,12,17H,6,8,10-11H2,(H,18,23)(H,20,22). The Kier molecular flexibility index (Phi) is 4.68. The van der Waals surface area contributed by atoms with E-state index >= 15 is 0 Å². The van der Waals surface area contributed by atoms with E-state index in [1.165, 1.54) is 0 Å². The number of nitrogens with one attached hydrogen (secondary N) is 3. The maximum atomic E-state index is 11.9. The average molecular weight is 313 g/mol. The van der Waals surface area contributed by atoms with Crippen molar-refractivity contribution >= 4 is 17.5 Å². The molecule has 7 nitrogen and oxygen atoms in total. The first-order valence-corrected chi connectivity index (χ1v) is 7.61. The number of benzene rings is 1. The van der Waals surface area contributed by atoms with Crippen LogP contribution in [0, 0.1) is 5.92 Å². The van der Waals surface area contributed by atoms with Gasteiger partial charge in [-0.15, -0.1) is 0 Å². The molecule has 0 bridgehead atoms. The fourth-order valence-corrected chi connectivity index (χ4v) is 2.51. The average Bonchev–Trinajstić information content (AvgIpc) is 3.26. The Balaban J connectivity index is 1.48. The van der Waals surface area contributed by atoms with Gasteiger partial charge in [0.05, 0.1) is 18.2 Å². The lowest BCUT2D eigenvalue weighted by atomic mass is 10.1. The first-order chi connectivity index (χ1) is 11.2. The van der Waals surface area contributed by atoms with Gasteiger partial charge in [-0.25, -0.2) is 4.68 Å². The van der Waals surface area contributed by atoms with Gasteiger partial charge in [0.1, 0.15) is 0 Å². The van der Waals surface area contributed by atoms with Crippen LogP contribution in [0.3, 0.4) is 0 Å². The van der Waals surface area contributed by atoms with E-state index in [9.17, 15) is 9.59 Å². The van der Waals surface area contributed by atoms with Gasteiger partial charge in [0.25, 0.3) is 0 Å². The van der Waals surface area contributed by atoms with Crippen molar-refractivity contribution in [1.29, 1.82) is 0 Å². The molecule has 23 heavy (non-hydrogen) atoms. The lowest BCUT2D eigenvalue weighted by Crippen LogP contribution is -2.37. The molecule has 2 amide bonds. The largest absolute Gasteiger partial charge is 0.347 e. The molecule has 2 heterocycles. The minimum Gasteiger partial charge on any atom is -0.347 e. The number of hydrogen-bond donors (Lipinski definition) is 3. The number of hydrogen-bond acceptors (Lipinski definition) is 4. The van der Waals surface area contributed by atoms with Gasteiger partial charge in [-0.1, -0.05) is 0 Å². The van der Waals surface area contributed by atoms with E-state index in [4.69, 9.17) is 0 Å². The number of carbonyl (C=O) groups is 2. The Morgan fingerprint density at radius 2 is 2.13 bits per heavy atom. The van der Waals surface area contributed by atoms with Gasteiger partial charge in [0.15, 0.2) is 0 Å². The van der Waals surface area contributed by atoms with Crippen molar-refractivity contribution in [3.8, 4) is 5.69 Å². The van der Waals surface area contributed by atoms with Crippen LogP contribution in [0.2, 0.25) is 0 Å². The molecule has 1 aromatic carbocycles. The van der Waals surface area contributed by atoms with Crippen molar-refractivity contribution in [3.63, 3.8) is 0 Å². The number of carbonyl (C=O) groups excluding carboxylic acids is 2. The lowest BCUT2D eigenvalue weighted by molar-refractivity contribution is -0.126. The van der Waals surface area contributed by atoms with E-state index in [0.29, 0.717) is 12.2 Å². The van der Waals surface area contributed by atoms with Crippen LogP contribution in [-0.2, 0) is 9.59 Å². The van der Waals surface area contributed by atoms with Crippen molar-refractivity contribution in [2.24, 2.45) is 5.92 Å². The first kappa shape index (κ1) is 15.2. The normalized spacial score (nSPS) is 17.0. The summed E-state index contributed by atoms with van der Waals surface area (Å²) in [5.41, 5.74) is 1.60. The number of amides is 2. The second kappa shape index (κ2) is 7.06. The molecule has 1 atom stereocenters. The van der Waals surface area contributed by atoms with Crippen LogP contribution in [0.5, 0.6) is 0 Å². The summed E-state index contributed by atoms with van der Waals surface area (Å²) in [4.78, 5) is 23.7. The van der Waals surface area contributed by atoms with Gasteiger partial charge in [-0.3, -0.25) is 9.59 Å². The minimum absolute atomic E-state index is 0.0176. The highest BCUT2D eigenvalue weighted by molar-refractivity contribution is 5.94. The third-order valence-electron chi connectivity index (χ3n) is 3.77. The number of aromatic nitrogens is 2. The van der Waals surface area contributed by atoms with Crippen molar-refractivity contribution in [2.75, 3.05) is 25.0 Å². The van der Waals surface area contributed by atoms with Crippen molar-refractivity contribution in [3.05, 3.63) is 42.7 Å². The fourth-order valence-electron chi connectivity index (χ4n) is 2.51. The highest BCUT2D eigenvalue weighted by Crippen LogP contribution is 2.12. The molecule has 2 aromatic rings. The highest BCUT2D eigenvalue weighted by atomic mass is 16.2. The molecule has 1 unspecified atom stereocenters. The third-order valence-corrected chi connectivity index (χ3v) is 3.77. The van der Waals surface area contributed by atoms with Gasteiger partial charge >= 0.3 is 0 Å². The van der Waals surface area contributed by atoms with Crippen LogP contribution in [0.1, 0.15) is 6.42 Å². The molecule has 1 aliphatic rings. The molecule has 0 spiro atoms.